The van der Waals surface area contributed by atoms with E-state index in [0.717, 1.165) is 17.8 Å². The summed E-state index contributed by atoms with van der Waals surface area (Å²) in [4.78, 5) is 7.18. The number of aryl methyl sites for hydroxylation is 1. The molecule has 4 heteroatoms. The summed E-state index contributed by atoms with van der Waals surface area (Å²) in [6.45, 7) is 4.32. The van der Waals surface area contributed by atoms with Gasteiger partial charge in [-0.05, 0) is 46.6 Å². The lowest BCUT2D eigenvalue weighted by atomic mass is 9.97. The molecule has 3 nitrogen and oxygen atoms in total. The standard InChI is InChI=1S/C14H23N3S/c1-9-8-18-14(15-9)10(2)16-11-6-12-4-5-13(7-11)17(12)3/h8,10-13,16H,4-7H2,1-3H3. The van der Waals surface area contributed by atoms with Crippen molar-refractivity contribution in [3.8, 4) is 0 Å². The summed E-state index contributed by atoms with van der Waals surface area (Å²) >= 11 is 1.78. The molecule has 2 bridgehead atoms. The number of nitrogens with zero attached hydrogens (tertiary/aromatic N) is 2. The fourth-order valence-electron chi connectivity index (χ4n) is 3.54. The predicted molar refractivity (Wildman–Crippen MR) is 76.0 cm³/mol. The zero-order valence-corrected chi connectivity index (χ0v) is 12.3. The molecule has 3 heterocycles. The number of nitrogens with one attached hydrogen (secondary N) is 1. The van der Waals surface area contributed by atoms with Crippen LogP contribution in [0.15, 0.2) is 5.38 Å². The summed E-state index contributed by atoms with van der Waals surface area (Å²) in [5.41, 5.74) is 1.15. The Morgan fingerprint density at radius 3 is 2.61 bits per heavy atom. The van der Waals surface area contributed by atoms with Gasteiger partial charge in [-0.3, -0.25) is 0 Å². The SMILES string of the molecule is Cc1csc(C(C)NC2CC3CCC(C2)N3C)n1. The monoisotopic (exact) mass is 265 g/mol. The highest BCUT2D eigenvalue weighted by atomic mass is 32.1. The minimum atomic E-state index is 0.400. The molecular weight excluding hydrogens is 242 g/mol. The van der Waals surface area contributed by atoms with Crippen molar-refractivity contribution in [2.24, 2.45) is 0 Å². The molecule has 0 radical (unpaired) electrons. The van der Waals surface area contributed by atoms with E-state index < -0.39 is 0 Å². The zero-order chi connectivity index (χ0) is 12.7. The summed E-state index contributed by atoms with van der Waals surface area (Å²) in [6, 6.07) is 2.70. The first kappa shape index (κ1) is 12.6. The van der Waals surface area contributed by atoms with Crippen LogP contribution in [0.4, 0.5) is 0 Å². The maximum Gasteiger partial charge on any atom is 0.110 e. The molecule has 0 spiro atoms. The second-order valence-electron chi connectivity index (χ2n) is 5.93. The van der Waals surface area contributed by atoms with Gasteiger partial charge in [-0.25, -0.2) is 4.98 Å². The van der Waals surface area contributed by atoms with Crippen molar-refractivity contribution in [3.63, 3.8) is 0 Å². The van der Waals surface area contributed by atoms with Gasteiger partial charge in [0.15, 0.2) is 0 Å². The van der Waals surface area contributed by atoms with E-state index in [1.54, 1.807) is 11.3 Å². The van der Waals surface area contributed by atoms with Crippen LogP contribution in [-0.4, -0.2) is 35.1 Å². The molecule has 3 unspecified atom stereocenters. The molecule has 3 rings (SSSR count). The van der Waals surface area contributed by atoms with E-state index in [9.17, 15) is 0 Å². The van der Waals surface area contributed by atoms with Gasteiger partial charge in [-0.1, -0.05) is 0 Å². The molecule has 1 aromatic rings. The molecule has 0 aliphatic carbocycles. The van der Waals surface area contributed by atoms with Crippen LogP contribution in [0.5, 0.6) is 0 Å². The molecule has 2 saturated heterocycles. The number of rotatable bonds is 3. The average Bonchev–Trinajstić information content (AvgIpc) is 2.82. The van der Waals surface area contributed by atoms with Crippen LogP contribution in [0.25, 0.3) is 0 Å². The lowest BCUT2D eigenvalue weighted by molar-refractivity contribution is 0.144. The van der Waals surface area contributed by atoms with Crippen LogP contribution in [0, 0.1) is 6.92 Å². The van der Waals surface area contributed by atoms with Gasteiger partial charge in [-0.15, -0.1) is 11.3 Å². The molecule has 2 aliphatic rings. The Kier molecular flexibility index (Phi) is 3.43. The molecule has 2 fully saturated rings. The third-order valence-corrected chi connectivity index (χ3v) is 5.74. The van der Waals surface area contributed by atoms with Crippen molar-refractivity contribution in [1.29, 1.82) is 0 Å². The maximum atomic E-state index is 4.59. The van der Waals surface area contributed by atoms with E-state index in [0.29, 0.717) is 12.1 Å². The van der Waals surface area contributed by atoms with E-state index in [2.05, 4.69) is 41.5 Å². The van der Waals surface area contributed by atoms with Gasteiger partial charge < -0.3 is 10.2 Å². The Hall–Kier alpha value is -0.450. The van der Waals surface area contributed by atoms with Gasteiger partial charge in [0.05, 0.1) is 6.04 Å². The topological polar surface area (TPSA) is 28.2 Å². The molecule has 1 N–H and O–H groups in total. The van der Waals surface area contributed by atoms with Crippen LogP contribution in [-0.2, 0) is 0 Å². The summed E-state index contributed by atoms with van der Waals surface area (Å²) < 4.78 is 0. The van der Waals surface area contributed by atoms with Crippen LogP contribution >= 0.6 is 11.3 Å². The third kappa shape index (κ3) is 2.33. The smallest absolute Gasteiger partial charge is 0.110 e. The maximum absolute atomic E-state index is 4.59. The Morgan fingerprint density at radius 1 is 1.39 bits per heavy atom. The first-order valence-corrected chi connectivity index (χ1v) is 7.91. The molecule has 100 valence electrons. The van der Waals surface area contributed by atoms with Crippen molar-refractivity contribution in [3.05, 3.63) is 16.1 Å². The second kappa shape index (κ2) is 4.91. The van der Waals surface area contributed by atoms with Gasteiger partial charge >= 0.3 is 0 Å². The summed E-state index contributed by atoms with van der Waals surface area (Å²) in [6.07, 6.45) is 5.40. The van der Waals surface area contributed by atoms with Gasteiger partial charge in [-0.2, -0.15) is 0 Å². The fraction of sp³-hybridized carbons (Fsp3) is 0.786. The number of aromatic nitrogens is 1. The zero-order valence-electron chi connectivity index (χ0n) is 11.5. The van der Waals surface area contributed by atoms with E-state index in [1.807, 2.05) is 0 Å². The van der Waals surface area contributed by atoms with Crippen LogP contribution in [0.1, 0.15) is 49.4 Å². The minimum absolute atomic E-state index is 0.400. The average molecular weight is 265 g/mol. The molecular formula is C14H23N3S. The van der Waals surface area contributed by atoms with Crippen molar-refractivity contribution in [2.75, 3.05) is 7.05 Å². The molecule has 18 heavy (non-hydrogen) atoms. The highest BCUT2D eigenvalue weighted by molar-refractivity contribution is 7.09. The second-order valence-corrected chi connectivity index (χ2v) is 6.82. The largest absolute Gasteiger partial charge is 0.305 e. The number of fused-ring (bicyclic) bond motifs is 2. The highest BCUT2D eigenvalue weighted by Gasteiger charge is 2.38. The quantitative estimate of drug-likeness (QED) is 0.911. The summed E-state index contributed by atoms with van der Waals surface area (Å²) in [7, 11) is 2.30. The summed E-state index contributed by atoms with van der Waals surface area (Å²) in [5, 5.41) is 7.17. The first-order chi connectivity index (χ1) is 8.63. The van der Waals surface area contributed by atoms with Crippen molar-refractivity contribution >= 4 is 11.3 Å². The lowest BCUT2D eigenvalue weighted by Gasteiger charge is -2.37. The van der Waals surface area contributed by atoms with Crippen molar-refractivity contribution in [1.82, 2.24) is 15.2 Å². The Labute approximate surface area is 114 Å². The molecule has 0 aromatic carbocycles. The predicted octanol–water partition coefficient (Wildman–Crippen LogP) is 2.73. The Bertz CT molecular complexity index is 403. The molecule has 1 aromatic heterocycles. The van der Waals surface area contributed by atoms with E-state index in [1.165, 1.54) is 30.7 Å². The van der Waals surface area contributed by atoms with E-state index >= 15 is 0 Å². The molecule has 3 atom stereocenters. The molecule has 0 saturated carbocycles. The highest BCUT2D eigenvalue weighted by Crippen LogP contribution is 2.35. The number of hydrogen-bond donors (Lipinski definition) is 1. The van der Waals surface area contributed by atoms with Gasteiger partial charge in [0.1, 0.15) is 5.01 Å². The van der Waals surface area contributed by atoms with Crippen LogP contribution < -0.4 is 5.32 Å². The van der Waals surface area contributed by atoms with E-state index in [4.69, 9.17) is 0 Å². The van der Waals surface area contributed by atoms with Crippen LogP contribution in [0.2, 0.25) is 0 Å². The number of piperidine rings is 1. The van der Waals surface area contributed by atoms with Crippen LogP contribution in [0.3, 0.4) is 0 Å². The van der Waals surface area contributed by atoms with E-state index in [-0.39, 0.29) is 0 Å². The lowest BCUT2D eigenvalue weighted by Crippen LogP contribution is -2.47. The fourth-order valence-corrected chi connectivity index (χ4v) is 4.36. The minimum Gasteiger partial charge on any atom is -0.305 e. The third-order valence-electron chi connectivity index (χ3n) is 4.59. The van der Waals surface area contributed by atoms with Gasteiger partial charge in [0.25, 0.3) is 0 Å². The molecule has 0 amide bonds. The number of hydrogen-bond acceptors (Lipinski definition) is 4. The van der Waals surface area contributed by atoms with Crippen molar-refractivity contribution in [2.45, 2.75) is 63.7 Å². The Balaban J connectivity index is 1.61. The normalized spacial score (nSPS) is 33.8. The van der Waals surface area contributed by atoms with Crippen molar-refractivity contribution < 1.29 is 0 Å². The first-order valence-electron chi connectivity index (χ1n) is 7.03. The van der Waals surface area contributed by atoms with Gasteiger partial charge in [0.2, 0.25) is 0 Å². The van der Waals surface area contributed by atoms with Gasteiger partial charge in [0, 0.05) is 29.2 Å². The number of thiazole rings is 1. The summed E-state index contributed by atoms with van der Waals surface area (Å²) in [5.74, 6) is 0. The molecule has 2 aliphatic heterocycles. The Morgan fingerprint density at radius 2 is 2.06 bits per heavy atom.